The summed E-state index contributed by atoms with van der Waals surface area (Å²) in [5, 5.41) is 0. The van der Waals surface area contributed by atoms with E-state index in [2.05, 4.69) is 0 Å². The summed E-state index contributed by atoms with van der Waals surface area (Å²) < 4.78 is 26.4. The number of rotatable bonds is 2. The molecule has 1 unspecified atom stereocenters. The first-order chi connectivity index (χ1) is 6.52. The lowest BCUT2D eigenvalue weighted by atomic mass is 10.0. The maximum Gasteiger partial charge on any atom is 0.131 e. The highest BCUT2D eigenvalue weighted by molar-refractivity contribution is 5.27. The van der Waals surface area contributed by atoms with Gasteiger partial charge in [-0.3, -0.25) is 0 Å². The topological polar surface area (TPSA) is 26.0 Å². The number of benzene rings is 1. The number of hydrogen-bond donors (Lipinski definition) is 1. The molecule has 0 aliphatic carbocycles. The summed E-state index contributed by atoms with van der Waals surface area (Å²) in [7, 11) is 0. The van der Waals surface area contributed by atoms with Gasteiger partial charge in [-0.15, -0.1) is 0 Å². The summed E-state index contributed by atoms with van der Waals surface area (Å²) in [5.41, 5.74) is 6.50. The van der Waals surface area contributed by atoms with Gasteiger partial charge < -0.3 is 5.73 Å². The van der Waals surface area contributed by atoms with Crippen LogP contribution in [-0.2, 0) is 0 Å². The Hall–Kier alpha value is -1.22. The van der Waals surface area contributed by atoms with E-state index in [0.29, 0.717) is 0 Å². The Morgan fingerprint density at radius 2 is 1.79 bits per heavy atom. The molecule has 3 heteroatoms. The van der Waals surface area contributed by atoms with Crippen LogP contribution in [0.2, 0.25) is 0 Å². The predicted molar refractivity (Wildman–Crippen MR) is 52.7 cm³/mol. The Bertz CT molecular complexity index is 334. The molecule has 76 valence electrons. The molecule has 0 spiro atoms. The normalized spacial score (nSPS) is 12.4. The smallest absolute Gasteiger partial charge is 0.131 e. The fraction of sp³-hybridized carbons (Fsp3) is 0.273. The van der Waals surface area contributed by atoms with Gasteiger partial charge in [0.2, 0.25) is 0 Å². The monoisotopic (exact) mass is 197 g/mol. The van der Waals surface area contributed by atoms with E-state index in [0.717, 1.165) is 5.57 Å². The molecular weight excluding hydrogens is 184 g/mol. The molecule has 1 atom stereocenters. The third-order valence-electron chi connectivity index (χ3n) is 1.85. The van der Waals surface area contributed by atoms with Crippen LogP contribution in [0, 0.1) is 11.6 Å². The second-order valence-electron chi connectivity index (χ2n) is 3.41. The van der Waals surface area contributed by atoms with Gasteiger partial charge in [-0.2, -0.15) is 0 Å². The van der Waals surface area contributed by atoms with E-state index in [1.54, 1.807) is 6.08 Å². The highest BCUT2D eigenvalue weighted by Gasteiger charge is 2.13. The molecular formula is C11H13F2N. The lowest BCUT2D eigenvalue weighted by Gasteiger charge is -2.10. The van der Waals surface area contributed by atoms with Crippen molar-refractivity contribution in [1.29, 1.82) is 0 Å². The highest BCUT2D eigenvalue weighted by Crippen LogP contribution is 2.20. The van der Waals surface area contributed by atoms with Crippen molar-refractivity contribution in [2.45, 2.75) is 19.9 Å². The molecule has 1 aromatic rings. The van der Waals surface area contributed by atoms with Crippen LogP contribution < -0.4 is 5.73 Å². The Kier molecular flexibility index (Phi) is 3.36. The minimum Gasteiger partial charge on any atom is -0.321 e. The van der Waals surface area contributed by atoms with E-state index in [-0.39, 0.29) is 5.56 Å². The molecule has 0 saturated carbocycles. The van der Waals surface area contributed by atoms with Crippen molar-refractivity contribution in [3.63, 3.8) is 0 Å². The van der Waals surface area contributed by atoms with Crippen LogP contribution in [-0.4, -0.2) is 0 Å². The van der Waals surface area contributed by atoms with Gasteiger partial charge in [-0.05, 0) is 26.0 Å². The molecule has 0 aliphatic heterocycles. The summed E-state index contributed by atoms with van der Waals surface area (Å²) in [6.07, 6.45) is 1.63. The van der Waals surface area contributed by atoms with Crippen LogP contribution >= 0.6 is 0 Å². The van der Waals surface area contributed by atoms with Crippen molar-refractivity contribution < 1.29 is 8.78 Å². The second kappa shape index (κ2) is 4.33. The fourth-order valence-corrected chi connectivity index (χ4v) is 1.27. The van der Waals surface area contributed by atoms with E-state index in [1.165, 1.54) is 18.2 Å². The molecule has 0 aromatic heterocycles. The number of halogens is 2. The van der Waals surface area contributed by atoms with Gasteiger partial charge in [-0.25, -0.2) is 8.78 Å². The molecule has 2 N–H and O–H groups in total. The summed E-state index contributed by atoms with van der Waals surface area (Å²) in [4.78, 5) is 0. The minimum absolute atomic E-state index is 0.0753. The van der Waals surface area contributed by atoms with Crippen molar-refractivity contribution in [3.05, 3.63) is 47.0 Å². The first kappa shape index (κ1) is 10.9. The van der Waals surface area contributed by atoms with E-state index in [4.69, 9.17) is 5.73 Å². The molecule has 0 aliphatic rings. The molecule has 14 heavy (non-hydrogen) atoms. The van der Waals surface area contributed by atoms with Crippen LogP contribution in [0.1, 0.15) is 25.5 Å². The zero-order chi connectivity index (χ0) is 10.7. The first-order valence-corrected chi connectivity index (χ1v) is 4.37. The van der Waals surface area contributed by atoms with Gasteiger partial charge in [0.15, 0.2) is 0 Å². The lowest BCUT2D eigenvalue weighted by Crippen LogP contribution is -2.12. The van der Waals surface area contributed by atoms with Crippen LogP contribution in [0.15, 0.2) is 29.8 Å². The van der Waals surface area contributed by atoms with E-state index < -0.39 is 17.7 Å². The molecule has 0 radical (unpaired) electrons. The van der Waals surface area contributed by atoms with Crippen molar-refractivity contribution in [2.24, 2.45) is 5.73 Å². The summed E-state index contributed by atoms with van der Waals surface area (Å²) in [5.74, 6) is -1.20. The third-order valence-corrected chi connectivity index (χ3v) is 1.85. The van der Waals surface area contributed by atoms with Crippen molar-refractivity contribution in [1.82, 2.24) is 0 Å². The zero-order valence-electron chi connectivity index (χ0n) is 8.22. The molecule has 0 fully saturated rings. The average molecular weight is 197 g/mol. The summed E-state index contributed by atoms with van der Waals surface area (Å²) in [6, 6.07) is 3.01. The first-order valence-electron chi connectivity index (χ1n) is 4.37. The summed E-state index contributed by atoms with van der Waals surface area (Å²) >= 11 is 0. The molecule has 1 aromatic carbocycles. The van der Waals surface area contributed by atoms with Crippen molar-refractivity contribution in [3.8, 4) is 0 Å². The molecule has 0 bridgehead atoms. The SMILES string of the molecule is CC(C)=CC(N)c1c(F)cccc1F. The number of hydrogen-bond acceptors (Lipinski definition) is 1. The third kappa shape index (κ3) is 2.39. The standard InChI is InChI=1S/C11H13F2N/c1-7(2)6-10(14)11-8(12)4-3-5-9(11)13/h3-6,10H,14H2,1-2H3. The quantitative estimate of drug-likeness (QED) is 0.725. The maximum absolute atomic E-state index is 13.2. The number of allylic oxidation sites excluding steroid dienone is 1. The highest BCUT2D eigenvalue weighted by atomic mass is 19.1. The van der Waals surface area contributed by atoms with Crippen molar-refractivity contribution >= 4 is 0 Å². The number of nitrogens with two attached hydrogens (primary N) is 1. The molecule has 1 nitrogen and oxygen atoms in total. The average Bonchev–Trinajstić information content (AvgIpc) is 2.01. The predicted octanol–water partition coefficient (Wildman–Crippen LogP) is 2.93. The van der Waals surface area contributed by atoms with Gasteiger partial charge in [0.05, 0.1) is 6.04 Å². The van der Waals surface area contributed by atoms with E-state index >= 15 is 0 Å². The lowest BCUT2D eigenvalue weighted by molar-refractivity contribution is 0.546. The fourth-order valence-electron chi connectivity index (χ4n) is 1.27. The minimum atomic E-state index is -0.721. The maximum atomic E-state index is 13.2. The zero-order valence-corrected chi connectivity index (χ0v) is 8.22. The van der Waals surface area contributed by atoms with Gasteiger partial charge >= 0.3 is 0 Å². The van der Waals surface area contributed by atoms with Gasteiger partial charge in [-0.1, -0.05) is 17.7 Å². The largest absolute Gasteiger partial charge is 0.321 e. The Balaban J connectivity index is 3.12. The summed E-state index contributed by atoms with van der Waals surface area (Å²) in [6.45, 7) is 3.66. The van der Waals surface area contributed by atoms with Gasteiger partial charge in [0.1, 0.15) is 11.6 Å². The Morgan fingerprint density at radius 1 is 1.29 bits per heavy atom. The Morgan fingerprint density at radius 3 is 2.21 bits per heavy atom. The second-order valence-corrected chi connectivity index (χ2v) is 3.41. The van der Waals surface area contributed by atoms with Gasteiger partial charge in [0, 0.05) is 5.56 Å². The molecule has 0 amide bonds. The van der Waals surface area contributed by atoms with Crippen LogP contribution in [0.25, 0.3) is 0 Å². The van der Waals surface area contributed by atoms with Crippen LogP contribution in [0.3, 0.4) is 0 Å². The Labute approximate surface area is 82.2 Å². The van der Waals surface area contributed by atoms with Crippen molar-refractivity contribution in [2.75, 3.05) is 0 Å². The molecule has 0 saturated heterocycles. The van der Waals surface area contributed by atoms with E-state index in [1.807, 2.05) is 13.8 Å². The van der Waals surface area contributed by atoms with Crippen LogP contribution in [0.5, 0.6) is 0 Å². The van der Waals surface area contributed by atoms with E-state index in [9.17, 15) is 8.78 Å². The van der Waals surface area contributed by atoms with Crippen LogP contribution in [0.4, 0.5) is 8.78 Å². The van der Waals surface area contributed by atoms with Gasteiger partial charge in [0.25, 0.3) is 0 Å². The molecule has 0 heterocycles. The molecule has 1 rings (SSSR count).